The Kier molecular flexibility index (Phi) is 4.02. The van der Waals surface area contributed by atoms with Crippen LogP contribution in [0.2, 0.25) is 0 Å². The van der Waals surface area contributed by atoms with Crippen molar-refractivity contribution in [1.82, 2.24) is 9.97 Å². The van der Waals surface area contributed by atoms with Crippen LogP contribution in [0.25, 0.3) is 33.5 Å². The molecule has 0 unspecified atom stereocenters. The number of hydrogen-bond donors (Lipinski definition) is 0. The molecular formula is C21H15IN2. The maximum absolute atomic E-state index is 4.92. The molecule has 0 fully saturated rings. The van der Waals surface area contributed by atoms with Crippen molar-refractivity contribution in [3.8, 4) is 22.6 Å². The summed E-state index contributed by atoms with van der Waals surface area (Å²) in [5.74, 6) is 0.775. The Bertz CT molecular complexity index is 1030. The molecular weight excluding hydrogens is 407 g/mol. The maximum Gasteiger partial charge on any atom is 0.161 e. The Hall–Kier alpha value is -2.27. The monoisotopic (exact) mass is 422 g/mol. The zero-order valence-electron chi connectivity index (χ0n) is 13.2. The van der Waals surface area contributed by atoms with Gasteiger partial charge in [0, 0.05) is 20.1 Å². The normalized spacial score (nSPS) is 10.9. The average Bonchev–Trinajstić information content (AvgIpc) is 2.61. The van der Waals surface area contributed by atoms with Crippen LogP contribution in [0.1, 0.15) is 5.56 Å². The third kappa shape index (κ3) is 2.80. The molecule has 0 N–H and O–H groups in total. The van der Waals surface area contributed by atoms with Crippen molar-refractivity contribution in [3.63, 3.8) is 0 Å². The van der Waals surface area contributed by atoms with E-state index in [9.17, 15) is 0 Å². The van der Waals surface area contributed by atoms with Gasteiger partial charge in [-0.05, 0) is 47.2 Å². The van der Waals surface area contributed by atoms with Crippen LogP contribution in [-0.4, -0.2) is 9.97 Å². The van der Waals surface area contributed by atoms with Gasteiger partial charge in [0.15, 0.2) is 5.82 Å². The van der Waals surface area contributed by atoms with Gasteiger partial charge in [-0.15, -0.1) is 0 Å². The average molecular weight is 422 g/mol. The molecule has 0 saturated heterocycles. The maximum atomic E-state index is 4.92. The minimum Gasteiger partial charge on any atom is -0.228 e. The molecule has 0 amide bonds. The fourth-order valence-electron chi connectivity index (χ4n) is 2.82. The topological polar surface area (TPSA) is 25.8 Å². The van der Waals surface area contributed by atoms with E-state index in [1.807, 2.05) is 30.3 Å². The Labute approximate surface area is 154 Å². The van der Waals surface area contributed by atoms with Crippen molar-refractivity contribution in [1.29, 1.82) is 0 Å². The van der Waals surface area contributed by atoms with Crippen molar-refractivity contribution in [2.45, 2.75) is 6.92 Å². The summed E-state index contributed by atoms with van der Waals surface area (Å²) >= 11 is 2.34. The summed E-state index contributed by atoms with van der Waals surface area (Å²) in [5.41, 5.74) is 5.35. The second kappa shape index (κ2) is 6.32. The van der Waals surface area contributed by atoms with Crippen LogP contribution in [0.3, 0.4) is 0 Å². The summed E-state index contributed by atoms with van der Waals surface area (Å²) < 4.78 is 1.15. The lowest BCUT2D eigenvalue weighted by Crippen LogP contribution is -1.96. The molecule has 4 aromatic rings. The van der Waals surface area contributed by atoms with E-state index in [-0.39, 0.29) is 0 Å². The first-order valence-corrected chi connectivity index (χ1v) is 8.89. The number of rotatable bonds is 2. The molecule has 0 aliphatic carbocycles. The number of aryl methyl sites for hydroxylation is 1. The molecule has 116 valence electrons. The van der Waals surface area contributed by atoms with Crippen LogP contribution in [0.4, 0.5) is 0 Å². The largest absolute Gasteiger partial charge is 0.228 e. The highest BCUT2D eigenvalue weighted by molar-refractivity contribution is 14.1. The van der Waals surface area contributed by atoms with E-state index in [0.717, 1.165) is 37.1 Å². The minimum absolute atomic E-state index is 0.775. The third-order valence-electron chi connectivity index (χ3n) is 4.01. The van der Waals surface area contributed by atoms with Crippen LogP contribution in [0.15, 0.2) is 72.8 Å². The van der Waals surface area contributed by atoms with Crippen LogP contribution in [0, 0.1) is 10.5 Å². The van der Waals surface area contributed by atoms with Crippen LogP contribution < -0.4 is 0 Å². The molecule has 0 saturated carbocycles. The second-order valence-corrected chi connectivity index (χ2v) is 6.92. The smallest absolute Gasteiger partial charge is 0.161 e. The van der Waals surface area contributed by atoms with E-state index in [4.69, 9.17) is 9.97 Å². The van der Waals surface area contributed by atoms with Crippen molar-refractivity contribution >= 4 is 33.5 Å². The fourth-order valence-corrected chi connectivity index (χ4v) is 3.45. The molecule has 4 rings (SSSR count). The van der Waals surface area contributed by atoms with E-state index in [0.29, 0.717) is 0 Å². The number of halogens is 1. The highest BCUT2D eigenvalue weighted by Gasteiger charge is 2.12. The highest BCUT2D eigenvalue weighted by atomic mass is 127. The number of nitrogens with zero attached hydrogens (tertiary/aromatic N) is 2. The van der Waals surface area contributed by atoms with Crippen LogP contribution in [-0.2, 0) is 0 Å². The highest BCUT2D eigenvalue weighted by Crippen LogP contribution is 2.30. The van der Waals surface area contributed by atoms with Gasteiger partial charge in [0.2, 0.25) is 0 Å². The van der Waals surface area contributed by atoms with Crippen LogP contribution >= 0.6 is 22.6 Å². The second-order valence-electron chi connectivity index (χ2n) is 5.76. The predicted molar refractivity (Wildman–Crippen MR) is 108 cm³/mol. The predicted octanol–water partition coefficient (Wildman–Crippen LogP) is 5.88. The van der Waals surface area contributed by atoms with E-state index in [2.05, 4.69) is 72.0 Å². The van der Waals surface area contributed by atoms with Gasteiger partial charge in [-0.3, -0.25) is 0 Å². The number of hydrogen-bond acceptors (Lipinski definition) is 2. The first-order chi connectivity index (χ1) is 11.7. The van der Waals surface area contributed by atoms with Gasteiger partial charge in [-0.1, -0.05) is 60.7 Å². The molecule has 24 heavy (non-hydrogen) atoms. The van der Waals surface area contributed by atoms with Crippen LogP contribution in [0.5, 0.6) is 0 Å². The van der Waals surface area contributed by atoms with Crippen molar-refractivity contribution in [3.05, 3.63) is 81.9 Å². The van der Waals surface area contributed by atoms with Gasteiger partial charge in [-0.2, -0.15) is 0 Å². The molecule has 2 nitrogen and oxygen atoms in total. The number of fused-ring (bicyclic) bond motifs is 1. The van der Waals surface area contributed by atoms with Crippen molar-refractivity contribution in [2.75, 3.05) is 0 Å². The zero-order chi connectivity index (χ0) is 16.5. The molecule has 0 atom stereocenters. The summed E-state index contributed by atoms with van der Waals surface area (Å²) in [6.07, 6.45) is 0. The van der Waals surface area contributed by atoms with Gasteiger partial charge >= 0.3 is 0 Å². The quantitative estimate of drug-likeness (QED) is 0.377. The van der Waals surface area contributed by atoms with Crippen molar-refractivity contribution in [2.24, 2.45) is 0 Å². The number of aromatic nitrogens is 2. The summed E-state index contributed by atoms with van der Waals surface area (Å²) in [7, 11) is 0. The van der Waals surface area contributed by atoms with Gasteiger partial charge in [-0.25, -0.2) is 9.97 Å². The first kappa shape index (κ1) is 15.3. The van der Waals surface area contributed by atoms with Gasteiger partial charge in [0.05, 0.1) is 11.2 Å². The Morgan fingerprint density at radius 3 is 2.33 bits per heavy atom. The molecule has 3 heteroatoms. The van der Waals surface area contributed by atoms with E-state index < -0.39 is 0 Å². The molecule has 3 aromatic carbocycles. The lowest BCUT2D eigenvalue weighted by molar-refractivity contribution is 1.22. The SMILES string of the molecule is Cc1ccc2c(-c3ccccc3)nc(-c3ccccc3I)nc2c1. The number of benzene rings is 3. The minimum atomic E-state index is 0.775. The molecule has 0 aliphatic rings. The Morgan fingerprint density at radius 2 is 1.54 bits per heavy atom. The molecule has 1 aromatic heterocycles. The fraction of sp³-hybridized carbons (Fsp3) is 0.0476. The summed E-state index contributed by atoms with van der Waals surface area (Å²) in [4.78, 5) is 9.75. The van der Waals surface area contributed by atoms with Gasteiger partial charge < -0.3 is 0 Å². The Balaban J connectivity index is 2.05. The summed E-state index contributed by atoms with van der Waals surface area (Å²) in [6.45, 7) is 2.09. The van der Waals surface area contributed by atoms with E-state index in [1.54, 1.807) is 0 Å². The lowest BCUT2D eigenvalue weighted by Gasteiger charge is -2.10. The van der Waals surface area contributed by atoms with Gasteiger partial charge in [0.1, 0.15) is 0 Å². The molecule has 0 aliphatic heterocycles. The first-order valence-electron chi connectivity index (χ1n) is 7.81. The molecule has 0 radical (unpaired) electrons. The van der Waals surface area contributed by atoms with E-state index in [1.165, 1.54) is 5.56 Å². The van der Waals surface area contributed by atoms with Crippen molar-refractivity contribution < 1.29 is 0 Å². The van der Waals surface area contributed by atoms with Gasteiger partial charge in [0.25, 0.3) is 0 Å². The summed E-state index contributed by atoms with van der Waals surface area (Å²) in [6, 6.07) is 24.9. The summed E-state index contributed by atoms with van der Waals surface area (Å²) in [5, 5.41) is 1.08. The molecule has 1 heterocycles. The molecule has 0 spiro atoms. The standard InChI is InChI=1S/C21H15IN2/c1-14-11-12-17-19(13-14)23-21(16-9-5-6-10-18(16)22)24-20(17)15-7-3-2-4-8-15/h2-13H,1H3. The lowest BCUT2D eigenvalue weighted by atomic mass is 10.0. The molecule has 0 bridgehead atoms. The zero-order valence-corrected chi connectivity index (χ0v) is 15.4. The third-order valence-corrected chi connectivity index (χ3v) is 4.96. The Morgan fingerprint density at radius 1 is 0.792 bits per heavy atom. The van der Waals surface area contributed by atoms with E-state index >= 15 is 0 Å².